The van der Waals surface area contributed by atoms with Crippen LogP contribution in [0, 0.1) is 17.8 Å². The van der Waals surface area contributed by atoms with Crippen LogP contribution >= 0.6 is 0 Å². The minimum absolute atomic E-state index is 1.07. The molecule has 0 heterocycles. The summed E-state index contributed by atoms with van der Waals surface area (Å²) < 4.78 is 0. The Balaban J connectivity index is 1.84. The van der Waals surface area contributed by atoms with Gasteiger partial charge in [-0.25, -0.2) is 0 Å². The highest BCUT2D eigenvalue weighted by Crippen LogP contribution is 2.50. The number of rotatable bonds is 2. The molecule has 2 saturated carbocycles. The van der Waals surface area contributed by atoms with Gasteiger partial charge in [0.2, 0.25) is 0 Å². The summed E-state index contributed by atoms with van der Waals surface area (Å²) >= 11 is 0. The molecule has 2 aliphatic carbocycles. The van der Waals surface area contributed by atoms with E-state index in [2.05, 4.69) is 6.92 Å². The van der Waals surface area contributed by atoms with Crippen LogP contribution in [0.1, 0.15) is 32.6 Å². The van der Waals surface area contributed by atoms with Crippen molar-refractivity contribution in [2.45, 2.75) is 32.6 Å². The Labute approximate surface area is 51.3 Å². The maximum Gasteiger partial charge on any atom is 0.101 e. The zero-order chi connectivity index (χ0) is 5.56. The van der Waals surface area contributed by atoms with Crippen molar-refractivity contribution >= 4 is 0 Å². The first-order valence-corrected chi connectivity index (χ1v) is 3.71. The molecule has 0 aromatic carbocycles. The molecule has 0 aromatic heterocycles. The van der Waals surface area contributed by atoms with Crippen molar-refractivity contribution in [2.24, 2.45) is 11.8 Å². The molecular weight excluding hydrogens is 96.1 g/mol. The summed E-state index contributed by atoms with van der Waals surface area (Å²) in [6.07, 6.45) is 6.01. The number of hydrogen-bond acceptors (Lipinski definition) is 0. The molecule has 0 atom stereocenters. The summed E-state index contributed by atoms with van der Waals surface area (Å²) in [5.41, 5.74) is 0. The minimum atomic E-state index is 1.07. The van der Waals surface area contributed by atoms with E-state index in [1.54, 1.807) is 0 Å². The molecule has 0 amide bonds. The lowest BCUT2D eigenvalue weighted by Gasteiger charge is -1.91. The van der Waals surface area contributed by atoms with Crippen molar-refractivity contribution in [2.75, 3.05) is 0 Å². The van der Waals surface area contributed by atoms with Gasteiger partial charge in [-0.2, -0.15) is 0 Å². The van der Waals surface area contributed by atoms with Gasteiger partial charge in [0.15, 0.2) is 0 Å². The molecule has 2 rings (SSSR count). The SMILES string of the molecule is C[C+](C1CC1)C1CC1. The third kappa shape index (κ3) is 0.724. The lowest BCUT2D eigenvalue weighted by molar-refractivity contribution is 0.708. The van der Waals surface area contributed by atoms with Gasteiger partial charge in [0.25, 0.3) is 0 Å². The van der Waals surface area contributed by atoms with E-state index >= 15 is 0 Å². The van der Waals surface area contributed by atoms with Crippen LogP contribution in [0.5, 0.6) is 0 Å². The summed E-state index contributed by atoms with van der Waals surface area (Å²) in [7, 11) is 0. The van der Waals surface area contributed by atoms with Crippen LogP contribution in [0.25, 0.3) is 0 Å². The zero-order valence-corrected chi connectivity index (χ0v) is 5.48. The summed E-state index contributed by atoms with van der Waals surface area (Å²) in [4.78, 5) is 0. The summed E-state index contributed by atoms with van der Waals surface area (Å²) in [5, 5.41) is 0. The summed E-state index contributed by atoms with van der Waals surface area (Å²) in [6, 6.07) is 0. The van der Waals surface area contributed by atoms with Crippen molar-refractivity contribution < 1.29 is 0 Å². The zero-order valence-electron chi connectivity index (χ0n) is 5.48. The predicted octanol–water partition coefficient (Wildman–Crippen LogP) is 2.40. The van der Waals surface area contributed by atoms with E-state index in [0.29, 0.717) is 0 Å². The maximum atomic E-state index is 2.36. The van der Waals surface area contributed by atoms with Gasteiger partial charge in [-0.3, -0.25) is 0 Å². The Morgan fingerprint density at radius 2 is 1.38 bits per heavy atom. The van der Waals surface area contributed by atoms with Crippen LogP contribution in [-0.2, 0) is 0 Å². The Hall–Kier alpha value is -0.130. The molecule has 0 heteroatoms. The molecule has 0 spiro atoms. The highest BCUT2D eigenvalue weighted by atomic mass is 14.4. The van der Waals surface area contributed by atoms with Crippen molar-refractivity contribution in [3.8, 4) is 0 Å². The van der Waals surface area contributed by atoms with Gasteiger partial charge in [-0.15, -0.1) is 0 Å². The molecular formula is C8H13+. The van der Waals surface area contributed by atoms with Crippen LogP contribution in [0.2, 0.25) is 0 Å². The molecule has 0 radical (unpaired) electrons. The number of hydrogen-bond donors (Lipinski definition) is 0. The van der Waals surface area contributed by atoms with Gasteiger partial charge in [0, 0.05) is 0 Å². The smallest absolute Gasteiger partial charge is 0.00514 e. The van der Waals surface area contributed by atoms with E-state index in [1.807, 2.05) is 5.92 Å². The topological polar surface area (TPSA) is 0 Å². The summed E-state index contributed by atoms with van der Waals surface area (Å²) in [6.45, 7) is 2.36. The fourth-order valence-corrected chi connectivity index (χ4v) is 1.41. The van der Waals surface area contributed by atoms with E-state index in [1.165, 1.54) is 25.7 Å². The lowest BCUT2D eigenvalue weighted by atomic mass is 10.0. The Morgan fingerprint density at radius 1 is 1.00 bits per heavy atom. The van der Waals surface area contributed by atoms with Gasteiger partial charge in [0.1, 0.15) is 11.8 Å². The molecule has 0 N–H and O–H groups in total. The predicted molar refractivity (Wildman–Crippen MR) is 34.4 cm³/mol. The first-order valence-electron chi connectivity index (χ1n) is 3.71. The molecule has 2 fully saturated rings. The van der Waals surface area contributed by atoms with Crippen molar-refractivity contribution in [1.29, 1.82) is 0 Å². The molecule has 2 aliphatic rings. The largest absolute Gasteiger partial charge is 0.101 e. The summed E-state index contributed by atoms with van der Waals surface area (Å²) in [5.74, 6) is 3.97. The quantitative estimate of drug-likeness (QED) is 0.478. The Bertz CT molecular complexity index is 76.2. The fourth-order valence-electron chi connectivity index (χ4n) is 1.41. The molecule has 44 valence electrons. The average Bonchev–Trinajstić information content (AvgIpc) is 2.63. The molecule has 0 aromatic rings. The molecule has 0 aliphatic heterocycles. The molecule has 0 bridgehead atoms. The van der Waals surface area contributed by atoms with Crippen molar-refractivity contribution in [3.63, 3.8) is 0 Å². The molecule has 8 heavy (non-hydrogen) atoms. The van der Waals surface area contributed by atoms with Gasteiger partial charge >= 0.3 is 0 Å². The van der Waals surface area contributed by atoms with E-state index in [4.69, 9.17) is 0 Å². The van der Waals surface area contributed by atoms with Crippen LogP contribution in [0.15, 0.2) is 0 Å². The van der Waals surface area contributed by atoms with Crippen LogP contribution in [0.3, 0.4) is 0 Å². The Kier molecular flexibility index (Phi) is 0.843. The monoisotopic (exact) mass is 109 g/mol. The van der Waals surface area contributed by atoms with Gasteiger partial charge < -0.3 is 0 Å². The van der Waals surface area contributed by atoms with E-state index < -0.39 is 0 Å². The second-order valence-electron chi connectivity index (χ2n) is 3.29. The third-order valence-electron chi connectivity index (χ3n) is 2.44. The van der Waals surface area contributed by atoms with Crippen LogP contribution in [0.4, 0.5) is 0 Å². The van der Waals surface area contributed by atoms with Crippen molar-refractivity contribution in [1.82, 2.24) is 0 Å². The first kappa shape index (κ1) is 4.72. The maximum absolute atomic E-state index is 2.36. The van der Waals surface area contributed by atoms with Crippen LogP contribution in [-0.4, -0.2) is 0 Å². The first-order chi connectivity index (χ1) is 3.88. The van der Waals surface area contributed by atoms with E-state index in [9.17, 15) is 0 Å². The Morgan fingerprint density at radius 3 is 1.62 bits per heavy atom. The second-order valence-corrected chi connectivity index (χ2v) is 3.29. The lowest BCUT2D eigenvalue weighted by Crippen LogP contribution is -1.94. The van der Waals surface area contributed by atoms with E-state index in [-0.39, 0.29) is 0 Å². The average molecular weight is 109 g/mol. The third-order valence-corrected chi connectivity index (χ3v) is 2.44. The van der Waals surface area contributed by atoms with Crippen molar-refractivity contribution in [3.05, 3.63) is 5.92 Å². The standard InChI is InChI=1S/C8H13/c1-6(7-2-3-7)8-4-5-8/h7-8H,2-5H2,1H3/q+1. The van der Waals surface area contributed by atoms with Gasteiger partial charge in [-0.05, 0) is 25.7 Å². The fraction of sp³-hybridized carbons (Fsp3) is 0.875. The second kappa shape index (κ2) is 1.43. The highest BCUT2D eigenvalue weighted by molar-refractivity contribution is 5.08. The van der Waals surface area contributed by atoms with Crippen LogP contribution < -0.4 is 0 Å². The normalized spacial score (nSPS) is 28.1. The molecule has 0 saturated heterocycles. The van der Waals surface area contributed by atoms with Gasteiger partial charge in [-0.1, -0.05) is 0 Å². The van der Waals surface area contributed by atoms with E-state index in [0.717, 1.165) is 11.8 Å². The molecule has 0 unspecified atom stereocenters. The molecule has 0 nitrogen and oxygen atoms in total. The highest BCUT2D eigenvalue weighted by Gasteiger charge is 2.48. The van der Waals surface area contributed by atoms with Gasteiger partial charge in [0.05, 0.1) is 12.8 Å². The minimum Gasteiger partial charge on any atom is -0.00514 e.